The number of benzene rings is 6. The van der Waals surface area contributed by atoms with Crippen molar-refractivity contribution in [3.8, 4) is 90.8 Å². The third kappa shape index (κ3) is 7.29. The zero-order valence-corrected chi connectivity index (χ0v) is 30.6. The van der Waals surface area contributed by atoms with Gasteiger partial charge >= 0.3 is 0 Å². The molecular formula is C47H33N9. The fraction of sp³-hybridized carbons (Fsp3) is 0.0426. The van der Waals surface area contributed by atoms with E-state index >= 15 is 0 Å². The second-order valence-corrected chi connectivity index (χ2v) is 13.2. The maximum absolute atomic E-state index is 5.14. The molecule has 0 fully saturated rings. The molecule has 0 spiro atoms. The lowest BCUT2D eigenvalue weighted by Gasteiger charge is -2.13. The van der Waals surface area contributed by atoms with E-state index in [1.807, 2.05) is 153 Å². The van der Waals surface area contributed by atoms with Crippen LogP contribution in [0, 0.1) is 13.8 Å². The Morgan fingerprint density at radius 3 is 0.875 bits per heavy atom. The average Bonchev–Trinajstić information content (AvgIpc) is 3.27. The molecule has 266 valence electrons. The quantitative estimate of drug-likeness (QED) is 0.151. The van der Waals surface area contributed by atoms with Crippen LogP contribution in [0.15, 0.2) is 164 Å². The summed E-state index contributed by atoms with van der Waals surface area (Å²) in [6, 6.07) is 54.3. The molecule has 6 aromatic carbocycles. The van der Waals surface area contributed by atoms with Gasteiger partial charge in [0.15, 0.2) is 40.8 Å². The van der Waals surface area contributed by atoms with E-state index in [1.54, 1.807) is 0 Å². The summed E-state index contributed by atoms with van der Waals surface area (Å²) in [6.45, 7) is 3.77. The minimum atomic E-state index is 0.509. The van der Waals surface area contributed by atoms with Crippen molar-refractivity contribution < 1.29 is 0 Å². The number of aryl methyl sites for hydroxylation is 2. The molecule has 0 atom stereocenters. The molecule has 3 heterocycles. The van der Waals surface area contributed by atoms with Gasteiger partial charge < -0.3 is 0 Å². The van der Waals surface area contributed by atoms with Gasteiger partial charge in [-0.2, -0.15) is 0 Å². The van der Waals surface area contributed by atoms with Crippen LogP contribution in [0.2, 0.25) is 0 Å². The minimum Gasteiger partial charge on any atom is -0.213 e. The van der Waals surface area contributed by atoms with Crippen LogP contribution in [0.1, 0.15) is 11.6 Å². The van der Waals surface area contributed by atoms with Crippen LogP contribution in [0.4, 0.5) is 0 Å². The summed E-state index contributed by atoms with van der Waals surface area (Å²) >= 11 is 0. The van der Waals surface area contributed by atoms with Gasteiger partial charge in [0.2, 0.25) is 0 Å². The Labute approximate surface area is 324 Å². The third-order valence-electron chi connectivity index (χ3n) is 9.16. The molecule has 0 bridgehead atoms. The standard InChI is InChI=1S/C47H33N9/c1-30-48-41(33-18-9-4-10-19-33)52-44(50-30)36-24-15-25-37(26-36)45-54-43(35-22-13-6-14-23-35)55-47(56-45)40-28-38(32-16-7-3-8-17-32)27-39(29-40)46-51-31(2)49-42(53-46)34-20-11-5-12-21-34/h3-29H,1-2H3. The molecule has 0 radical (unpaired) electrons. The summed E-state index contributed by atoms with van der Waals surface area (Å²) in [4.78, 5) is 43.9. The molecule has 9 heteroatoms. The lowest BCUT2D eigenvalue weighted by molar-refractivity contribution is 0.991. The van der Waals surface area contributed by atoms with Crippen LogP contribution < -0.4 is 0 Å². The van der Waals surface area contributed by atoms with E-state index < -0.39 is 0 Å². The molecular weight excluding hydrogens is 691 g/mol. The molecule has 0 amide bonds. The van der Waals surface area contributed by atoms with E-state index in [-0.39, 0.29) is 0 Å². The fourth-order valence-electron chi connectivity index (χ4n) is 6.49. The Bertz CT molecular complexity index is 2810. The minimum absolute atomic E-state index is 0.509. The third-order valence-corrected chi connectivity index (χ3v) is 9.16. The van der Waals surface area contributed by atoms with Gasteiger partial charge in [0, 0.05) is 38.9 Å². The second kappa shape index (κ2) is 15.0. The first-order valence-corrected chi connectivity index (χ1v) is 18.2. The monoisotopic (exact) mass is 723 g/mol. The molecule has 0 aliphatic heterocycles. The fourth-order valence-corrected chi connectivity index (χ4v) is 6.49. The topological polar surface area (TPSA) is 116 Å². The Morgan fingerprint density at radius 1 is 0.214 bits per heavy atom. The molecule has 0 N–H and O–H groups in total. The lowest BCUT2D eigenvalue weighted by Crippen LogP contribution is -2.02. The normalized spacial score (nSPS) is 11.0. The highest BCUT2D eigenvalue weighted by molar-refractivity contribution is 5.79. The van der Waals surface area contributed by atoms with E-state index in [4.69, 9.17) is 34.9 Å². The van der Waals surface area contributed by atoms with Gasteiger partial charge in [0.1, 0.15) is 11.6 Å². The molecule has 9 rings (SSSR count). The lowest BCUT2D eigenvalue weighted by atomic mass is 9.98. The molecule has 3 aromatic heterocycles. The summed E-state index contributed by atoms with van der Waals surface area (Å²) in [6.07, 6.45) is 0. The second-order valence-electron chi connectivity index (χ2n) is 13.2. The molecule has 56 heavy (non-hydrogen) atoms. The first-order valence-electron chi connectivity index (χ1n) is 18.2. The zero-order valence-electron chi connectivity index (χ0n) is 30.6. The number of nitrogens with zero attached hydrogens (tertiary/aromatic N) is 9. The highest BCUT2D eigenvalue weighted by Crippen LogP contribution is 2.33. The van der Waals surface area contributed by atoms with E-state index in [0.29, 0.717) is 52.4 Å². The van der Waals surface area contributed by atoms with Crippen molar-refractivity contribution in [1.29, 1.82) is 0 Å². The van der Waals surface area contributed by atoms with Crippen LogP contribution in [0.5, 0.6) is 0 Å². The summed E-state index contributed by atoms with van der Waals surface area (Å²) in [5.74, 6) is 5.18. The Morgan fingerprint density at radius 2 is 0.464 bits per heavy atom. The van der Waals surface area contributed by atoms with Crippen molar-refractivity contribution in [2.45, 2.75) is 13.8 Å². The molecule has 0 unspecified atom stereocenters. The smallest absolute Gasteiger partial charge is 0.164 e. The van der Waals surface area contributed by atoms with Crippen molar-refractivity contribution in [3.05, 3.63) is 175 Å². The van der Waals surface area contributed by atoms with Gasteiger partial charge in [0.25, 0.3) is 0 Å². The predicted molar refractivity (Wildman–Crippen MR) is 220 cm³/mol. The summed E-state index contributed by atoms with van der Waals surface area (Å²) in [5.41, 5.74) is 7.94. The van der Waals surface area contributed by atoms with Crippen LogP contribution in [-0.2, 0) is 0 Å². The maximum Gasteiger partial charge on any atom is 0.164 e. The van der Waals surface area contributed by atoms with Crippen LogP contribution in [0.25, 0.3) is 90.8 Å². The van der Waals surface area contributed by atoms with Crippen LogP contribution in [0.3, 0.4) is 0 Å². The van der Waals surface area contributed by atoms with Gasteiger partial charge in [-0.15, -0.1) is 0 Å². The molecule has 0 saturated heterocycles. The highest BCUT2D eigenvalue weighted by atomic mass is 15.0. The van der Waals surface area contributed by atoms with Gasteiger partial charge in [-0.25, -0.2) is 44.9 Å². The number of hydrogen-bond donors (Lipinski definition) is 0. The van der Waals surface area contributed by atoms with Crippen LogP contribution in [-0.4, -0.2) is 44.9 Å². The van der Waals surface area contributed by atoms with Crippen LogP contribution >= 0.6 is 0 Å². The van der Waals surface area contributed by atoms with E-state index in [9.17, 15) is 0 Å². The molecule has 9 aromatic rings. The SMILES string of the molecule is Cc1nc(-c2ccccc2)nc(-c2cccc(-c3nc(-c4ccccc4)nc(-c4cc(-c5ccccc5)cc(-c5nc(C)nc(-c6ccccc6)n5)c4)n3)c2)n1. The van der Waals surface area contributed by atoms with Crippen molar-refractivity contribution in [3.63, 3.8) is 0 Å². The number of hydrogen-bond acceptors (Lipinski definition) is 9. The average molecular weight is 724 g/mol. The molecule has 0 saturated carbocycles. The predicted octanol–water partition coefficient (Wildman–Crippen LogP) is 10.2. The summed E-state index contributed by atoms with van der Waals surface area (Å²) < 4.78 is 0. The first kappa shape index (κ1) is 34.1. The van der Waals surface area contributed by atoms with E-state index in [2.05, 4.69) is 34.2 Å². The number of rotatable bonds is 8. The van der Waals surface area contributed by atoms with Crippen molar-refractivity contribution in [1.82, 2.24) is 44.9 Å². The molecule has 0 aliphatic carbocycles. The largest absolute Gasteiger partial charge is 0.213 e. The van der Waals surface area contributed by atoms with Gasteiger partial charge in [-0.05, 0) is 49.2 Å². The van der Waals surface area contributed by atoms with Crippen molar-refractivity contribution in [2.24, 2.45) is 0 Å². The zero-order chi connectivity index (χ0) is 37.8. The summed E-state index contributed by atoms with van der Waals surface area (Å²) in [5, 5.41) is 0. The Balaban J connectivity index is 1.21. The summed E-state index contributed by atoms with van der Waals surface area (Å²) in [7, 11) is 0. The van der Waals surface area contributed by atoms with E-state index in [0.717, 1.165) is 50.1 Å². The maximum atomic E-state index is 5.14. The first-order chi connectivity index (χ1) is 27.5. The highest BCUT2D eigenvalue weighted by Gasteiger charge is 2.18. The van der Waals surface area contributed by atoms with Gasteiger partial charge in [-0.1, -0.05) is 140 Å². The van der Waals surface area contributed by atoms with Crippen molar-refractivity contribution in [2.75, 3.05) is 0 Å². The molecule has 9 nitrogen and oxygen atoms in total. The molecule has 0 aliphatic rings. The number of aromatic nitrogens is 9. The van der Waals surface area contributed by atoms with Crippen molar-refractivity contribution >= 4 is 0 Å². The van der Waals surface area contributed by atoms with E-state index in [1.165, 1.54) is 0 Å². The van der Waals surface area contributed by atoms with Gasteiger partial charge in [-0.3, -0.25) is 0 Å². The Hall–Kier alpha value is -7.65. The van der Waals surface area contributed by atoms with Gasteiger partial charge in [0.05, 0.1) is 0 Å². The Kier molecular flexibility index (Phi) is 9.14.